The van der Waals surface area contributed by atoms with Crippen molar-refractivity contribution in [2.45, 2.75) is 50.9 Å². The number of phenols is 1. The van der Waals surface area contributed by atoms with Crippen molar-refractivity contribution in [3.63, 3.8) is 0 Å². The number of rotatable bonds is 2. The van der Waals surface area contributed by atoms with Crippen LogP contribution in [0.4, 0.5) is 58.4 Å². The summed E-state index contributed by atoms with van der Waals surface area (Å²) < 4.78 is 161. The molecule has 2 aromatic rings. The number of aromatic hydroxyl groups is 1. The van der Waals surface area contributed by atoms with E-state index in [0.717, 1.165) is 6.07 Å². The van der Waals surface area contributed by atoms with E-state index in [1.807, 2.05) is 0 Å². The zero-order valence-corrected chi connectivity index (χ0v) is 17.8. The van der Waals surface area contributed by atoms with Crippen molar-refractivity contribution in [2.75, 3.05) is 0 Å². The molecule has 0 fully saturated rings. The fourth-order valence-electron chi connectivity index (χ4n) is 3.22. The third-order valence-electron chi connectivity index (χ3n) is 4.69. The number of alkyl halides is 12. The molecule has 0 radical (unpaired) electrons. The van der Waals surface area contributed by atoms with E-state index >= 15 is 0 Å². The molecule has 0 aliphatic carbocycles. The van der Waals surface area contributed by atoms with E-state index in [1.165, 1.54) is 12.1 Å². The smallest absolute Gasteiger partial charge is 0.419 e. The number of hydrogen-bond donors (Lipinski definition) is 1. The Morgan fingerprint density at radius 2 is 1.09 bits per heavy atom. The first-order chi connectivity index (χ1) is 15.5. The predicted molar refractivity (Wildman–Crippen MR) is 101 cm³/mol. The fourth-order valence-corrected chi connectivity index (χ4v) is 3.22. The van der Waals surface area contributed by atoms with Gasteiger partial charge < -0.3 is 5.11 Å². The van der Waals surface area contributed by atoms with E-state index in [1.54, 1.807) is 20.8 Å². The first-order valence-corrected chi connectivity index (χ1v) is 9.33. The maximum atomic E-state index is 13.6. The van der Waals surface area contributed by atoms with Crippen LogP contribution in [0.1, 0.15) is 54.2 Å². The SMILES string of the molecule is CC(C)(C)c1cccc(C=Nc2c(C(F)(F)F)c(C(F)(F)F)cc(C(F)(F)F)c2C(F)(F)F)c1O. The Kier molecular flexibility index (Phi) is 6.98. The van der Waals surface area contributed by atoms with Crippen molar-refractivity contribution in [3.05, 3.63) is 57.6 Å². The van der Waals surface area contributed by atoms with Crippen molar-refractivity contribution in [1.29, 1.82) is 0 Å². The van der Waals surface area contributed by atoms with Crippen LogP contribution in [-0.2, 0) is 30.1 Å². The van der Waals surface area contributed by atoms with Crippen molar-refractivity contribution in [3.8, 4) is 5.75 Å². The Morgan fingerprint density at radius 3 is 1.43 bits per heavy atom. The molecule has 0 aliphatic heterocycles. The Labute approximate surface area is 189 Å². The summed E-state index contributed by atoms with van der Waals surface area (Å²) >= 11 is 0. The van der Waals surface area contributed by atoms with E-state index in [9.17, 15) is 57.8 Å². The lowest BCUT2D eigenvalue weighted by Crippen LogP contribution is -2.24. The van der Waals surface area contributed by atoms with Gasteiger partial charge in [0.15, 0.2) is 0 Å². The van der Waals surface area contributed by atoms with Crippen LogP contribution < -0.4 is 0 Å². The number of benzene rings is 2. The van der Waals surface area contributed by atoms with Crippen molar-refractivity contribution in [1.82, 2.24) is 0 Å². The first-order valence-electron chi connectivity index (χ1n) is 9.33. The molecule has 2 nitrogen and oxygen atoms in total. The van der Waals surface area contributed by atoms with E-state index in [2.05, 4.69) is 4.99 Å². The van der Waals surface area contributed by atoms with Gasteiger partial charge in [-0.25, -0.2) is 0 Å². The van der Waals surface area contributed by atoms with Gasteiger partial charge in [0.2, 0.25) is 0 Å². The summed E-state index contributed by atoms with van der Waals surface area (Å²) in [6.45, 7) is 4.73. The second-order valence-electron chi connectivity index (χ2n) is 8.31. The number of phenolic OH excluding ortho intramolecular Hbond substituents is 1. The topological polar surface area (TPSA) is 32.6 Å². The maximum absolute atomic E-state index is 13.6. The predicted octanol–water partition coefficient (Wildman–Crippen LogP) is 8.52. The number of nitrogens with zero attached hydrogens (tertiary/aromatic N) is 1. The van der Waals surface area contributed by atoms with Crippen LogP contribution in [0.25, 0.3) is 0 Å². The minimum atomic E-state index is -6.18. The van der Waals surface area contributed by atoms with E-state index in [0.29, 0.717) is 0 Å². The van der Waals surface area contributed by atoms with Gasteiger partial charge in [-0.15, -0.1) is 0 Å². The molecule has 0 heterocycles. The molecule has 2 rings (SSSR count). The van der Waals surface area contributed by atoms with Gasteiger partial charge in [-0.2, -0.15) is 52.7 Å². The van der Waals surface area contributed by atoms with Gasteiger partial charge >= 0.3 is 24.7 Å². The van der Waals surface area contributed by atoms with Gasteiger partial charge in [0, 0.05) is 11.8 Å². The lowest BCUT2D eigenvalue weighted by atomic mass is 9.85. The molecule has 35 heavy (non-hydrogen) atoms. The first kappa shape index (κ1) is 28.3. The molecule has 0 saturated carbocycles. The van der Waals surface area contributed by atoms with Crippen LogP contribution in [0, 0.1) is 0 Å². The molecule has 0 saturated heterocycles. The van der Waals surface area contributed by atoms with Gasteiger partial charge in [0.05, 0.1) is 27.9 Å². The Morgan fingerprint density at radius 1 is 0.657 bits per heavy atom. The molecular weight excluding hydrogens is 510 g/mol. The van der Waals surface area contributed by atoms with E-state index in [-0.39, 0.29) is 11.8 Å². The molecule has 1 N–H and O–H groups in total. The lowest BCUT2D eigenvalue weighted by Gasteiger charge is -2.24. The van der Waals surface area contributed by atoms with Crippen LogP contribution in [0.15, 0.2) is 29.3 Å². The summed E-state index contributed by atoms with van der Waals surface area (Å²) in [5.41, 5.74) is -15.9. The lowest BCUT2D eigenvalue weighted by molar-refractivity contribution is -0.170. The van der Waals surface area contributed by atoms with Crippen LogP contribution >= 0.6 is 0 Å². The van der Waals surface area contributed by atoms with Gasteiger partial charge in [0.1, 0.15) is 5.75 Å². The minimum Gasteiger partial charge on any atom is -0.507 e. The quantitative estimate of drug-likeness (QED) is 0.310. The number of halogens is 12. The summed E-state index contributed by atoms with van der Waals surface area (Å²) in [6.07, 6.45) is -24.5. The van der Waals surface area contributed by atoms with E-state index < -0.39 is 75.4 Å². The molecule has 14 heteroatoms. The summed E-state index contributed by atoms with van der Waals surface area (Å²) in [7, 11) is 0. The molecule has 0 spiro atoms. The van der Waals surface area contributed by atoms with E-state index in [4.69, 9.17) is 0 Å². The van der Waals surface area contributed by atoms with Crippen molar-refractivity contribution >= 4 is 11.9 Å². The zero-order valence-electron chi connectivity index (χ0n) is 17.8. The standard InChI is InChI=1S/C21H15F12NO/c1-17(2,3)10-6-4-5-9(16(10)35)8-34-15-13(20(28,29)30)11(18(22,23)24)7-12(19(25,26)27)14(15)21(31,32)33/h4-8,35H,1-3H3. The summed E-state index contributed by atoms with van der Waals surface area (Å²) in [5.74, 6) is -0.686. The van der Waals surface area contributed by atoms with Crippen LogP contribution in [0.5, 0.6) is 5.75 Å². The van der Waals surface area contributed by atoms with Crippen LogP contribution in [0.2, 0.25) is 0 Å². The minimum absolute atomic E-state index is 0.133. The maximum Gasteiger partial charge on any atom is 0.419 e. The second kappa shape index (κ2) is 8.63. The van der Waals surface area contributed by atoms with Crippen molar-refractivity contribution < 1.29 is 57.8 Å². The monoisotopic (exact) mass is 525 g/mol. The number of para-hydroxylation sites is 1. The Balaban J connectivity index is 3.08. The highest BCUT2D eigenvalue weighted by molar-refractivity contribution is 5.87. The second-order valence-corrected chi connectivity index (χ2v) is 8.31. The third-order valence-corrected chi connectivity index (χ3v) is 4.69. The molecule has 0 bridgehead atoms. The highest BCUT2D eigenvalue weighted by Crippen LogP contribution is 2.53. The zero-order chi connectivity index (χ0) is 27.4. The molecule has 0 aromatic heterocycles. The number of hydrogen-bond acceptors (Lipinski definition) is 2. The van der Waals surface area contributed by atoms with Gasteiger partial charge in [0.25, 0.3) is 0 Å². The van der Waals surface area contributed by atoms with Gasteiger partial charge in [-0.1, -0.05) is 32.9 Å². The highest BCUT2D eigenvalue weighted by atomic mass is 19.4. The third kappa shape index (κ3) is 6.01. The van der Waals surface area contributed by atoms with Crippen LogP contribution in [0.3, 0.4) is 0 Å². The molecule has 0 unspecified atom stereocenters. The molecule has 2 aromatic carbocycles. The fraction of sp³-hybridized carbons (Fsp3) is 0.381. The average Bonchev–Trinajstić information content (AvgIpc) is 2.61. The molecular formula is C21H15F12NO. The van der Waals surface area contributed by atoms with Crippen molar-refractivity contribution in [2.24, 2.45) is 4.99 Å². The van der Waals surface area contributed by atoms with Gasteiger partial charge in [-0.05, 0) is 23.1 Å². The summed E-state index contributed by atoms with van der Waals surface area (Å²) in [5, 5.41) is 10.3. The number of aliphatic imine (C=N–C) groups is 1. The summed E-state index contributed by atoms with van der Waals surface area (Å²) in [4.78, 5) is 2.82. The average molecular weight is 525 g/mol. The van der Waals surface area contributed by atoms with Gasteiger partial charge in [-0.3, -0.25) is 4.99 Å². The molecule has 0 aliphatic rings. The van der Waals surface area contributed by atoms with Crippen LogP contribution in [-0.4, -0.2) is 11.3 Å². The normalized spacial score (nSPS) is 14.1. The Hall–Kier alpha value is -2.93. The molecule has 0 atom stereocenters. The molecule has 0 amide bonds. The highest BCUT2D eigenvalue weighted by Gasteiger charge is 2.53. The Bertz CT molecular complexity index is 1080. The largest absolute Gasteiger partial charge is 0.507 e. The molecule has 194 valence electrons. The summed E-state index contributed by atoms with van der Waals surface area (Å²) in [6, 6.07) is 2.28.